The van der Waals surface area contributed by atoms with Gasteiger partial charge in [0.1, 0.15) is 0 Å². The summed E-state index contributed by atoms with van der Waals surface area (Å²) in [6, 6.07) is 47.5. The van der Waals surface area contributed by atoms with Crippen LogP contribution in [0.5, 0.6) is 0 Å². The molecule has 0 N–H and O–H groups in total. The lowest BCUT2D eigenvalue weighted by Crippen LogP contribution is -2.16. The van der Waals surface area contributed by atoms with Gasteiger partial charge in [0.05, 0.1) is 11.0 Å². The van der Waals surface area contributed by atoms with Gasteiger partial charge in [-0.2, -0.15) is 9.97 Å². The van der Waals surface area contributed by atoms with Crippen molar-refractivity contribution in [1.29, 1.82) is 0 Å². The van der Waals surface area contributed by atoms with E-state index in [0.29, 0.717) is 17.6 Å². The summed E-state index contributed by atoms with van der Waals surface area (Å²) in [4.78, 5) is 15.4. The zero-order valence-corrected chi connectivity index (χ0v) is 26.2. The molecule has 0 saturated heterocycles. The molecule has 0 saturated carbocycles. The fourth-order valence-electron chi connectivity index (χ4n) is 8.13. The number of para-hydroxylation sites is 2. The van der Waals surface area contributed by atoms with Crippen molar-refractivity contribution >= 4 is 21.8 Å². The van der Waals surface area contributed by atoms with Crippen LogP contribution in [0.25, 0.3) is 72.8 Å². The molecule has 0 bridgehead atoms. The van der Waals surface area contributed by atoms with Crippen LogP contribution in [0.2, 0.25) is 0 Å². The van der Waals surface area contributed by atoms with Crippen LogP contribution < -0.4 is 0 Å². The highest BCUT2D eigenvalue weighted by Crippen LogP contribution is 2.55. The highest BCUT2D eigenvalue weighted by atomic mass is 15.2. The molecule has 2 aliphatic rings. The van der Waals surface area contributed by atoms with Crippen LogP contribution in [0.4, 0.5) is 0 Å². The summed E-state index contributed by atoms with van der Waals surface area (Å²) in [6.45, 7) is 4.74. The first kappa shape index (κ1) is 26.4. The van der Waals surface area contributed by atoms with Crippen molar-refractivity contribution in [2.24, 2.45) is 0 Å². The predicted molar refractivity (Wildman–Crippen MR) is 191 cm³/mol. The molecule has 0 fully saturated rings. The topological polar surface area (TPSA) is 43.6 Å². The van der Waals surface area contributed by atoms with Crippen molar-refractivity contribution in [1.82, 2.24) is 19.5 Å². The zero-order chi connectivity index (χ0) is 31.3. The van der Waals surface area contributed by atoms with Crippen LogP contribution in [-0.2, 0) is 11.8 Å². The maximum absolute atomic E-state index is 5.22. The predicted octanol–water partition coefficient (Wildman–Crippen LogP) is 10.2. The smallest absolute Gasteiger partial charge is 0.238 e. The Morgan fingerprint density at radius 2 is 1.19 bits per heavy atom. The molecule has 2 aliphatic carbocycles. The monoisotopic (exact) mass is 602 g/mol. The van der Waals surface area contributed by atoms with E-state index in [2.05, 4.69) is 134 Å². The first-order valence-electron chi connectivity index (χ1n) is 16.3. The molecule has 4 heteroatoms. The van der Waals surface area contributed by atoms with Crippen molar-refractivity contribution in [3.05, 3.63) is 156 Å². The molecule has 0 aliphatic heterocycles. The molecule has 0 atom stereocenters. The van der Waals surface area contributed by atoms with E-state index in [0.717, 1.165) is 28.6 Å². The quantitative estimate of drug-likeness (QED) is 0.202. The highest BCUT2D eigenvalue weighted by Gasteiger charge is 2.40. The Balaban J connectivity index is 1.20. The van der Waals surface area contributed by atoms with Crippen LogP contribution >= 0.6 is 0 Å². The maximum Gasteiger partial charge on any atom is 0.238 e. The molecule has 10 rings (SSSR count). The van der Waals surface area contributed by atoms with Crippen LogP contribution in [0.1, 0.15) is 36.1 Å². The lowest BCUT2D eigenvalue weighted by atomic mass is 9.78. The molecule has 47 heavy (non-hydrogen) atoms. The van der Waals surface area contributed by atoms with Gasteiger partial charge in [0.25, 0.3) is 0 Å². The van der Waals surface area contributed by atoms with E-state index in [1.807, 2.05) is 18.2 Å². The number of nitrogens with zero attached hydrogens (tertiary/aromatic N) is 4. The van der Waals surface area contributed by atoms with Gasteiger partial charge < -0.3 is 0 Å². The van der Waals surface area contributed by atoms with Crippen molar-refractivity contribution in [3.63, 3.8) is 0 Å². The summed E-state index contributed by atoms with van der Waals surface area (Å²) in [7, 11) is 0. The molecule has 8 aromatic rings. The van der Waals surface area contributed by atoms with Gasteiger partial charge in [0.15, 0.2) is 11.6 Å². The summed E-state index contributed by atoms with van der Waals surface area (Å²) in [5.74, 6) is 1.93. The molecular weight excluding hydrogens is 573 g/mol. The average Bonchev–Trinajstić information content (AvgIpc) is 3.74. The Kier molecular flexibility index (Phi) is 5.37. The fourth-order valence-corrected chi connectivity index (χ4v) is 8.13. The minimum atomic E-state index is -0.131. The van der Waals surface area contributed by atoms with Crippen molar-refractivity contribution in [2.75, 3.05) is 0 Å². The van der Waals surface area contributed by atoms with Crippen molar-refractivity contribution in [2.45, 2.75) is 25.7 Å². The number of rotatable bonds is 3. The Bertz CT molecular complexity index is 2520. The minimum Gasteiger partial charge on any atom is -0.278 e. The van der Waals surface area contributed by atoms with Gasteiger partial charge in [-0.25, -0.2) is 4.98 Å². The Morgan fingerprint density at radius 1 is 0.532 bits per heavy atom. The molecule has 2 aromatic heterocycles. The maximum atomic E-state index is 5.22. The standard InChI is InChI=1S/C43H30N4/c1-43(2)35-23-21-29(25-34(35)33-22-20-28-24-27-14-6-7-15-30(27)38(28)39(33)43)41-44-40(26-12-4-3-5-13-26)45-42(46-41)47-36-18-10-8-16-31(36)32-17-9-11-19-37(32)47/h3-23,25H,24H2,1-2H3. The molecule has 222 valence electrons. The van der Waals surface area contributed by atoms with Gasteiger partial charge >= 0.3 is 0 Å². The van der Waals surface area contributed by atoms with Crippen LogP contribution in [0.15, 0.2) is 133 Å². The van der Waals surface area contributed by atoms with E-state index < -0.39 is 0 Å². The average molecular weight is 603 g/mol. The Hall–Kier alpha value is -5.87. The molecule has 0 unspecified atom stereocenters. The van der Waals surface area contributed by atoms with Crippen molar-refractivity contribution in [3.8, 4) is 51.0 Å². The third-order valence-electron chi connectivity index (χ3n) is 10.3. The largest absolute Gasteiger partial charge is 0.278 e. The highest BCUT2D eigenvalue weighted by molar-refractivity contribution is 6.09. The lowest BCUT2D eigenvalue weighted by molar-refractivity contribution is 0.662. The third kappa shape index (κ3) is 3.73. The fraction of sp³-hybridized carbons (Fsp3) is 0.0930. The number of fused-ring (bicyclic) bond motifs is 10. The second-order valence-corrected chi connectivity index (χ2v) is 13.3. The van der Waals surface area contributed by atoms with Crippen LogP contribution in [-0.4, -0.2) is 19.5 Å². The second kappa shape index (κ2) is 9.57. The molecule has 0 radical (unpaired) electrons. The summed E-state index contributed by atoms with van der Waals surface area (Å²) < 4.78 is 2.18. The summed E-state index contributed by atoms with van der Waals surface area (Å²) in [6.07, 6.45) is 0.995. The summed E-state index contributed by atoms with van der Waals surface area (Å²) >= 11 is 0. The van der Waals surface area contributed by atoms with E-state index >= 15 is 0 Å². The first-order valence-corrected chi connectivity index (χ1v) is 16.3. The van der Waals surface area contributed by atoms with Gasteiger partial charge in [0.2, 0.25) is 5.95 Å². The molecule has 2 heterocycles. The van der Waals surface area contributed by atoms with E-state index in [9.17, 15) is 0 Å². The van der Waals surface area contributed by atoms with Crippen LogP contribution in [0.3, 0.4) is 0 Å². The van der Waals surface area contributed by atoms with E-state index in [1.165, 1.54) is 55.3 Å². The van der Waals surface area contributed by atoms with Gasteiger partial charge in [-0.15, -0.1) is 0 Å². The van der Waals surface area contributed by atoms with Gasteiger partial charge in [-0.1, -0.05) is 129 Å². The van der Waals surface area contributed by atoms with E-state index in [1.54, 1.807) is 0 Å². The molecular formula is C43H30N4. The van der Waals surface area contributed by atoms with Gasteiger partial charge in [-0.3, -0.25) is 4.57 Å². The summed E-state index contributed by atoms with van der Waals surface area (Å²) in [5, 5.41) is 2.36. The Labute approximate surface area is 273 Å². The second-order valence-electron chi connectivity index (χ2n) is 13.3. The molecule has 0 amide bonds. The molecule has 4 nitrogen and oxygen atoms in total. The number of benzene rings is 6. The normalized spacial score (nSPS) is 13.8. The Morgan fingerprint density at radius 3 is 1.96 bits per heavy atom. The lowest BCUT2D eigenvalue weighted by Gasteiger charge is -2.24. The number of hydrogen-bond acceptors (Lipinski definition) is 3. The third-order valence-corrected chi connectivity index (χ3v) is 10.3. The first-order chi connectivity index (χ1) is 23.1. The zero-order valence-electron chi connectivity index (χ0n) is 26.2. The SMILES string of the molecule is CC1(C)c2ccc(-c3nc(-c4ccccc4)nc(-n4c5ccccc5c5ccccc54)n3)cc2-c2ccc3c(c21)-c1ccccc1C3. The summed E-state index contributed by atoms with van der Waals surface area (Å²) in [5.41, 5.74) is 14.9. The number of hydrogen-bond donors (Lipinski definition) is 0. The number of aromatic nitrogens is 4. The molecule has 6 aromatic carbocycles. The van der Waals surface area contributed by atoms with Gasteiger partial charge in [-0.05, 0) is 69.1 Å². The van der Waals surface area contributed by atoms with E-state index in [-0.39, 0.29) is 5.41 Å². The minimum absolute atomic E-state index is 0.131. The van der Waals surface area contributed by atoms with Gasteiger partial charge in [0, 0.05) is 27.3 Å². The van der Waals surface area contributed by atoms with Crippen LogP contribution in [0, 0.1) is 0 Å². The molecule has 0 spiro atoms. The van der Waals surface area contributed by atoms with Crippen molar-refractivity contribution < 1.29 is 0 Å². The van der Waals surface area contributed by atoms with E-state index in [4.69, 9.17) is 15.0 Å².